The first-order valence-corrected chi connectivity index (χ1v) is 7.44. The van der Waals surface area contributed by atoms with Crippen LogP contribution in [0.1, 0.15) is 36.4 Å². The second-order valence-corrected chi connectivity index (χ2v) is 5.51. The standard InChI is InChI=1S/C18H21NO2/c1-13(19)15-6-2-4-8-17(15)21-12-14-10-11-20-18-9-5-3-7-16(14)18/h2-9,13-14H,10-12,19H2,1H3/t13-,14?/m0/s1. The maximum absolute atomic E-state index is 6.06. The number of fused-ring (bicyclic) bond motifs is 1. The van der Waals surface area contributed by atoms with Gasteiger partial charge in [-0.15, -0.1) is 0 Å². The van der Waals surface area contributed by atoms with Crippen molar-refractivity contribution in [3.63, 3.8) is 0 Å². The van der Waals surface area contributed by atoms with Crippen LogP contribution >= 0.6 is 0 Å². The van der Waals surface area contributed by atoms with Crippen molar-refractivity contribution in [3.8, 4) is 11.5 Å². The zero-order valence-corrected chi connectivity index (χ0v) is 12.3. The summed E-state index contributed by atoms with van der Waals surface area (Å²) in [5, 5.41) is 0. The summed E-state index contributed by atoms with van der Waals surface area (Å²) in [6.45, 7) is 3.38. The topological polar surface area (TPSA) is 44.5 Å². The lowest BCUT2D eigenvalue weighted by Crippen LogP contribution is -2.20. The first-order chi connectivity index (χ1) is 10.3. The molecule has 21 heavy (non-hydrogen) atoms. The van der Waals surface area contributed by atoms with Gasteiger partial charge in [-0.1, -0.05) is 36.4 Å². The van der Waals surface area contributed by atoms with Gasteiger partial charge in [-0.2, -0.15) is 0 Å². The van der Waals surface area contributed by atoms with Crippen molar-refractivity contribution in [1.82, 2.24) is 0 Å². The van der Waals surface area contributed by atoms with E-state index in [1.54, 1.807) is 0 Å². The molecule has 0 aromatic heterocycles. The van der Waals surface area contributed by atoms with E-state index in [1.165, 1.54) is 5.56 Å². The van der Waals surface area contributed by atoms with Crippen LogP contribution in [0.4, 0.5) is 0 Å². The molecule has 3 nitrogen and oxygen atoms in total. The monoisotopic (exact) mass is 283 g/mol. The lowest BCUT2D eigenvalue weighted by molar-refractivity contribution is 0.216. The number of hydrogen-bond donors (Lipinski definition) is 1. The van der Waals surface area contributed by atoms with E-state index < -0.39 is 0 Å². The lowest BCUT2D eigenvalue weighted by atomic mass is 9.94. The molecule has 2 aromatic rings. The summed E-state index contributed by atoms with van der Waals surface area (Å²) in [4.78, 5) is 0. The zero-order valence-electron chi connectivity index (χ0n) is 12.3. The molecule has 0 radical (unpaired) electrons. The molecular weight excluding hydrogens is 262 g/mol. The highest BCUT2D eigenvalue weighted by Gasteiger charge is 2.22. The van der Waals surface area contributed by atoms with E-state index in [4.69, 9.17) is 15.2 Å². The van der Waals surface area contributed by atoms with Crippen LogP contribution in [0, 0.1) is 0 Å². The van der Waals surface area contributed by atoms with Gasteiger partial charge >= 0.3 is 0 Å². The van der Waals surface area contributed by atoms with Gasteiger partial charge in [-0.3, -0.25) is 0 Å². The summed E-state index contributed by atoms with van der Waals surface area (Å²) < 4.78 is 11.8. The Kier molecular flexibility index (Phi) is 4.11. The van der Waals surface area contributed by atoms with Gasteiger partial charge in [0.1, 0.15) is 11.5 Å². The Labute approximate surface area is 125 Å². The Morgan fingerprint density at radius 1 is 1.19 bits per heavy atom. The molecule has 3 rings (SSSR count). The van der Waals surface area contributed by atoms with Crippen LogP contribution in [0.5, 0.6) is 11.5 Å². The van der Waals surface area contributed by atoms with E-state index in [9.17, 15) is 0 Å². The van der Waals surface area contributed by atoms with Gasteiger partial charge in [-0.25, -0.2) is 0 Å². The lowest BCUT2D eigenvalue weighted by Gasteiger charge is -2.26. The van der Waals surface area contributed by atoms with E-state index in [-0.39, 0.29) is 6.04 Å². The molecule has 2 atom stereocenters. The minimum absolute atomic E-state index is 0.0248. The van der Waals surface area contributed by atoms with Gasteiger partial charge < -0.3 is 15.2 Å². The molecule has 1 aliphatic heterocycles. The summed E-state index contributed by atoms with van der Waals surface area (Å²) in [7, 11) is 0. The molecule has 110 valence electrons. The molecule has 1 unspecified atom stereocenters. The van der Waals surface area contributed by atoms with Crippen molar-refractivity contribution in [2.75, 3.05) is 13.2 Å². The molecule has 0 bridgehead atoms. The van der Waals surface area contributed by atoms with Crippen LogP contribution in [-0.2, 0) is 0 Å². The van der Waals surface area contributed by atoms with Crippen LogP contribution in [0.25, 0.3) is 0 Å². The predicted octanol–water partition coefficient (Wildman–Crippen LogP) is 3.65. The Hall–Kier alpha value is -2.00. The quantitative estimate of drug-likeness (QED) is 0.931. The van der Waals surface area contributed by atoms with Gasteiger partial charge in [0.25, 0.3) is 0 Å². The van der Waals surface area contributed by atoms with Crippen LogP contribution < -0.4 is 15.2 Å². The van der Waals surface area contributed by atoms with Crippen LogP contribution in [0.2, 0.25) is 0 Å². The SMILES string of the molecule is C[C@H](N)c1ccccc1OCC1CCOc2ccccc21. The minimum atomic E-state index is -0.0248. The summed E-state index contributed by atoms with van der Waals surface area (Å²) in [6, 6.07) is 16.2. The maximum Gasteiger partial charge on any atom is 0.124 e. The van der Waals surface area contributed by atoms with E-state index in [1.807, 2.05) is 43.3 Å². The van der Waals surface area contributed by atoms with E-state index in [0.29, 0.717) is 12.5 Å². The van der Waals surface area contributed by atoms with E-state index in [0.717, 1.165) is 30.1 Å². The molecular formula is C18H21NO2. The van der Waals surface area contributed by atoms with Gasteiger partial charge in [0.05, 0.1) is 13.2 Å². The summed E-state index contributed by atoms with van der Waals surface area (Å²) in [6.07, 6.45) is 0.983. The van der Waals surface area contributed by atoms with Gasteiger partial charge in [0.2, 0.25) is 0 Å². The first-order valence-electron chi connectivity index (χ1n) is 7.44. The van der Waals surface area contributed by atoms with Gasteiger partial charge in [0, 0.05) is 23.1 Å². The number of hydrogen-bond acceptors (Lipinski definition) is 3. The highest BCUT2D eigenvalue weighted by molar-refractivity contribution is 5.39. The summed E-state index contributed by atoms with van der Waals surface area (Å²) in [5.74, 6) is 2.24. The number of benzene rings is 2. The van der Waals surface area contributed by atoms with Crippen LogP contribution in [0.15, 0.2) is 48.5 Å². The Morgan fingerprint density at radius 2 is 1.95 bits per heavy atom. The molecule has 0 saturated heterocycles. The molecule has 0 saturated carbocycles. The summed E-state index contributed by atoms with van der Waals surface area (Å²) >= 11 is 0. The Bertz CT molecular complexity index is 610. The van der Waals surface area contributed by atoms with Crippen molar-refractivity contribution >= 4 is 0 Å². The molecule has 0 spiro atoms. The summed E-state index contributed by atoms with van der Waals surface area (Å²) in [5.41, 5.74) is 8.29. The molecule has 1 heterocycles. The predicted molar refractivity (Wildman–Crippen MR) is 83.8 cm³/mol. The Morgan fingerprint density at radius 3 is 2.81 bits per heavy atom. The minimum Gasteiger partial charge on any atom is -0.493 e. The molecule has 0 aliphatic carbocycles. The van der Waals surface area contributed by atoms with Crippen molar-refractivity contribution in [1.29, 1.82) is 0 Å². The molecule has 3 heteroatoms. The van der Waals surface area contributed by atoms with Crippen molar-refractivity contribution in [2.24, 2.45) is 5.73 Å². The van der Waals surface area contributed by atoms with Gasteiger partial charge in [0.15, 0.2) is 0 Å². The highest BCUT2D eigenvalue weighted by Crippen LogP contribution is 2.34. The third kappa shape index (κ3) is 3.03. The Balaban J connectivity index is 1.75. The second kappa shape index (κ2) is 6.19. The third-order valence-corrected chi connectivity index (χ3v) is 3.93. The third-order valence-electron chi connectivity index (χ3n) is 3.93. The number of para-hydroxylation sites is 2. The fourth-order valence-corrected chi connectivity index (χ4v) is 2.77. The highest BCUT2D eigenvalue weighted by atomic mass is 16.5. The van der Waals surface area contributed by atoms with Gasteiger partial charge in [-0.05, 0) is 25.5 Å². The molecule has 0 amide bonds. The molecule has 2 aromatic carbocycles. The zero-order chi connectivity index (χ0) is 14.7. The molecule has 1 aliphatic rings. The molecule has 0 fully saturated rings. The maximum atomic E-state index is 6.06. The smallest absolute Gasteiger partial charge is 0.124 e. The fourth-order valence-electron chi connectivity index (χ4n) is 2.77. The molecule has 2 N–H and O–H groups in total. The van der Waals surface area contributed by atoms with Crippen LogP contribution in [0.3, 0.4) is 0 Å². The van der Waals surface area contributed by atoms with Crippen molar-refractivity contribution in [3.05, 3.63) is 59.7 Å². The number of nitrogens with two attached hydrogens (primary N) is 1. The average molecular weight is 283 g/mol. The second-order valence-electron chi connectivity index (χ2n) is 5.51. The van der Waals surface area contributed by atoms with Crippen molar-refractivity contribution in [2.45, 2.75) is 25.3 Å². The normalized spacial score (nSPS) is 18.5. The largest absolute Gasteiger partial charge is 0.493 e. The van der Waals surface area contributed by atoms with Crippen molar-refractivity contribution < 1.29 is 9.47 Å². The fraction of sp³-hybridized carbons (Fsp3) is 0.333. The van der Waals surface area contributed by atoms with Crippen LogP contribution in [-0.4, -0.2) is 13.2 Å². The average Bonchev–Trinajstić information content (AvgIpc) is 2.53. The first kappa shape index (κ1) is 14.0. The number of rotatable bonds is 4. The number of ether oxygens (including phenoxy) is 2. The van der Waals surface area contributed by atoms with E-state index >= 15 is 0 Å². The van der Waals surface area contributed by atoms with E-state index in [2.05, 4.69) is 12.1 Å².